The van der Waals surface area contributed by atoms with E-state index in [1.165, 1.54) is 6.08 Å². The second-order valence-corrected chi connectivity index (χ2v) is 6.86. The standard InChI is InChI=1S/C20H27FN4O/c1-3-5-18(26)19(17-12-24-11-15(25-17)6-4-9-22)20(23)14-7-8-16(21)13(2)10-14/h7-8,14-15,24H,3-6,10-12,23H2,1-2H3/t14-,15?/m1/s1. The third-order valence-corrected chi connectivity index (χ3v) is 4.74. The first-order valence-electron chi connectivity index (χ1n) is 9.18. The van der Waals surface area contributed by atoms with E-state index in [-0.39, 0.29) is 23.6 Å². The van der Waals surface area contributed by atoms with E-state index in [1.54, 1.807) is 13.0 Å². The number of carbonyl (C=O) groups excluding carboxylic acids is 1. The van der Waals surface area contributed by atoms with Crippen molar-refractivity contribution in [2.45, 2.75) is 52.0 Å². The smallest absolute Gasteiger partial charge is 0.166 e. The monoisotopic (exact) mass is 358 g/mol. The minimum atomic E-state index is -0.233. The number of nitrogens with two attached hydrogens (primary N) is 1. The number of Topliss-reactive ketones (excluding diaryl/α,β-unsaturated/α-hetero) is 1. The molecule has 0 saturated carbocycles. The maximum Gasteiger partial charge on any atom is 0.166 e. The quantitative estimate of drug-likeness (QED) is 0.684. The molecule has 140 valence electrons. The minimum Gasteiger partial charge on any atom is -0.401 e. The zero-order valence-corrected chi connectivity index (χ0v) is 15.5. The van der Waals surface area contributed by atoms with E-state index in [1.807, 2.05) is 6.92 Å². The molecule has 0 fully saturated rings. The summed E-state index contributed by atoms with van der Waals surface area (Å²) in [4.78, 5) is 17.5. The number of nitriles is 1. The largest absolute Gasteiger partial charge is 0.401 e. The van der Waals surface area contributed by atoms with Gasteiger partial charge in [-0.1, -0.05) is 13.0 Å². The first-order chi connectivity index (χ1) is 12.5. The Morgan fingerprint density at radius 2 is 2.31 bits per heavy atom. The number of carbonyl (C=O) groups is 1. The van der Waals surface area contributed by atoms with Gasteiger partial charge in [-0.3, -0.25) is 9.79 Å². The molecule has 1 unspecified atom stereocenters. The maximum absolute atomic E-state index is 13.6. The predicted molar refractivity (Wildman–Crippen MR) is 101 cm³/mol. The molecule has 0 aromatic heterocycles. The predicted octanol–water partition coefficient (Wildman–Crippen LogP) is 3.10. The van der Waals surface area contributed by atoms with Crippen LogP contribution in [-0.4, -0.2) is 30.6 Å². The zero-order valence-electron chi connectivity index (χ0n) is 15.5. The molecule has 0 bridgehead atoms. The number of halogens is 1. The van der Waals surface area contributed by atoms with Crippen molar-refractivity contribution in [3.8, 4) is 6.07 Å². The second kappa shape index (κ2) is 9.44. The van der Waals surface area contributed by atoms with Crippen molar-refractivity contribution in [2.24, 2.45) is 16.6 Å². The van der Waals surface area contributed by atoms with Gasteiger partial charge in [0.1, 0.15) is 5.83 Å². The van der Waals surface area contributed by atoms with E-state index < -0.39 is 0 Å². The number of hydrogen-bond donors (Lipinski definition) is 2. The third-order valence-electron chi connectivity index (χ3n) is 4.74. The first-order valence-corrected chi connectivity index (χ1v) is 9.18. The molecule has 0 aromatic rings. The summed E-state index contributed by atoms with van der Waals surface area (Å²) < 4.78 is 13.6. The average Bonchev–Trinajstić information content (AvgIpc) is 2.63. The number of aliphatic imine (C=N–C) groups is 1. The molecule has 2 aliphatic rings. The lowest BCUT2D eigenvalue weighted by Gasteiger charge is -2.26. The van der Waals surface area contributed by atoms with Crippen LogP contribution in [0.4, 0.5) is 4.39 Å². The Bertz CT molecular complexity index is 712. The maximum atomic E-state index is 13.6. The summed E-state index contributed by atoms with van der Waals surface area (Å²) in [6.45, 7) is 4.86. The Morgan fingerprint density at radius 3 is 2.96 bits per heavy atom. The molecule has 1 aliphatic heterocycles. The summed E-state index contributed by atoms with van der Waals surface area (Å²) in [7, 11) is 0. The van der Waals surface area contributed by atoms with Crippen LogP contribution >= 0.6 is 0 Å². The lowest BCUT2D eigenvalue weighted by Crippen LogP contribution is -2.40. The van der Waals surface area contributed by atoms with Gasteiger partial charge in [-0.15, -0.1) is 0 Å². The van der Waals surface area contributed by atoms with E-state index in [0.717, 1.165) is 6.42 Å². The van der Waals surface area contributed by atoms with Gasteiger partial charge in [0.15, 0.2) is 5.78 Å². The Hall–Kier alpha value is -2.26. The van der Waals surface area contributed by atoms with Crippen LogP contribution < -0.4 is 11.1 Å². The molecule has 0 radical (unpaired) electrons. The van der Waals surface area contributed by atoms with Crippen LogP contribution in [0.5, 0.6) is 0 Å². The van der Waals surface area contributed by atoms with Crippen LogP contribution in [0.3, 0.4) is 0 Å². The highest BCUT2D eigenvalue weighted by atomic mass is 19.1. The van der Waals surface area contributed by atoms with Crippen LogP contribution in [-0.2, 0) is 4.79 Å². The fourth-order valence-corrected chi connectivity index (χ4v) is 3.30. The molecule has 3 N–H and O–H groups in total. The summed E-state index contributed by atoms with van der Waals surface area (Å²) in [5, 5.41) is 12.1. The number of ketones is 1. The Balaban J connectivity index is 2.37. The summed E-state index contributed by atoms with van der Waals surface area (Å²) >= 11 is 0. The number of nitrogens with zero attached hydrogens (tertiary/aromatic N) is 2. The lowest BCUT2D eigenvalue weighted by molar-refractivity contribution is -0.115. The molecule has 0 amide bonds. The van der Waals surface area contributed by atoms with Gasteiger partial charge in [-0.2, -0.15) is 5.26 Å². The summed E-state index contributed by atoms with van der Waals surface area (Å²) in [5.41, 5.74) is 8.65. The molecular weight excluding hydrogens is 331 g/mol. The normalized spacial score (nSPS) is 24.0. The van der Waals surface area contributed by atoms with E-state index in [0.29, 0.717) is 61.3 Å². The van der Waals surface area contributed by atoms with Gasteiger partial charge in [0.05, 0.1) is 23.4 Å². The number of nitrogens with one attached hydrogen (secondary N) is 1. The molecule has 1 heterocycles. The van der Waals surface area contributed by atoms with Gasteiger partial charge in [0, 0.05) is 37.5 Å². The summed E-state index contributed by atoms with van der Waals surface area (Å²) in [6, 6.07) is 2.10. The molecule has 26 heavy (non-hydrogen) atoms. The van der Waals surface area contributed by atoms with E-state index in [2.05, 4.69) is 11.4 Å². The fourth-order valence-electron chi connectivity index (χ4n) is 3.30. The summed E-state index contributed by atoms with van der Waals surface area (Å²) in [6.07, 6.45) is 5.82. The molecular formula is C20H27FN4O. The number of allylic oxidation sites excluding steroid dienone is 4. The van der Waals surface area contributed by atoms with Crippen molar-refractivity contribution >= 4 is 11.5 Å². The van der Waals surface area contributed by atoms with Crippen molar-refractivity contribution < 1.29 is 9.18 Å². The highest BCUT2D eigenvalue weighted by molar-refractivity contribution is 6.23. The SMILES string of the molecule is CCCC(=O)C(C1=NC(CCC#N)CNC1)=C(N)[C@@H]1C=CC(F)=C(C)C1. The molecule has 1 aliphatic carbocycles. The van der Waals surface area contributed by atoms with Gasteiger partial charge < -0.3 is 11.1 Å². The first kappa shape index (κ1) is 20.1. The molecule has 2 atom stereocenters. The van der Waals surface area contributed by atoms with Crippen LogP contribution in [0.1, 0.15) is 46.0 Å². The highest BCUT2D eigenvalue weighted by Crippen LogP contribution is 2.29. The zero-order chi connectivity index (χ0) is 19.1. The summed E-state index contributed by atoms with van der Waals surface area (Å²) in [5.74, 6) is -0.455. The molecule has 0 saturated heterocycles. The molecule has 0 spiro atoms. The van der Waals surface area contributed by atoms with Crippen LogP contribution in [0, 0.1) is 17.2 Å². The van der Waals surface area contributed by atoms with Crippen LogP contribution in [0.15, 0.2) is 39.8 Å². The van der Waals surface area contributed by atoms with E-state index >= 15 is 0 Å². The Kier molecular flexibility index (Phi) is 7.28. The molecule has 0 aromatic carbocycles. The topological polar surface area (TPSA) is 91.3 Å². The van der Waals surface area contributed by atoms with Gasteiger partial charge in [0.25, 0.3) is 0 Å². The van der Waals surface area contributed by atoms with Crippen molar-refractivity contribution in [2.75, 3.05) is 13.1 Å². The van der Waals surface area contributed by atoms with Gasteiger partial charge in [-0.05, 0) is 37.8 Å². The Labute approximate surface area is 154 Å². The van der Waals surface area contributed by atoms with Gasteiger partial charge in [0.2, 0.25) is 0 Å². The minimum absolute atomic E-state index is 0.0208. The lowest BCUT2D eigenvalue weighted by atomic mass is 9.86. The average molecular weight is 358 g/mol. The van der Waals surface area contributed by atoms with E-state index in [9.17, 15) is 9.18 Å². The fraction of sp³-hybridized carbons (Fsp3) is 0.550. The third kappa shape index (κ3) is 4.89. The molecule has 5 nitrogen and oxygen atoms in total. The van der Waals surface area contributed by atoms with Crippen molar-refractivity contribution in [3.63, 3.8) is 0 Å². The van der Waals surface area contributed by atoms with Crippen molar-refractivity contribution in [1.82, 2.24) is 5.32 Å². The highest BCUT2D eigenvalue weighted by Gasteiger charge is 2.27. The second-order valence-electron chi connectivity index (χ2n) is 6.86. The number of hydrogen-bond acceptors (Lipinski definition) is 5. The van der Waals surface area contributed by atoms with Crippen LogP contribution in [0.25, 0.3) is 0 Å². The van der Waals surface area contributed by atoms with Gasteiger partial charge >= 0.3 is 0 Å². The van der Waals surface area contributed by atoms with Crippen molar-refractivity contribution in [1.29, 1.82) is 5.26 Å². The van der Waals surface area contributed by atoms with Gasteiger partial charge in [-0.25, -0.2) is 4.39 Å². The van der Waals surface area contributed by atoms with E-state index in [4.69, 9.17) is 16.0 Å². The molecule has 2 rings (SSSR count). The number of rotatable bonds is 7. The molecule has 6 heteroatoms. The van der Waals surface area contributed by atoms with Crippen LogP contribution in [0.2, 0.25) is 0 Å². The van der Waals surface area contributed by atoms with Crippen molar-refractivity contribution in [3.05, 3.63) is 34.8 Å². The Morgan fingerprint density at radius 1 is 1.54 bits per heavy atom.